The van der Waals surface area contributed by atoms with E-state index < -0.39 is 0 Å². The van der Waals surface area contributed by atoms with E-state index in [4.69, 9.17) is 10.6 Å². The van der Waals surface area contributed by atoms with E-state index in [0.29, 0.717) is 18.2 Å². The van der Waals surface area contributed by atoms with Crippen LogP contribution in [0.15, 0.2) is 24.3 Å². The number of ether oxygens (including phenoxy) is 1. The van der Waals surface area contributed by atoms with E-state index in [1.54, 1.807) is 13.2 Å². The van der Waals surface area contributed by atoms with Crippen molar-refractivity contribution in [2.75, 3.05) is 20.3 Å². The fourth-order valence-corrected chi connectivity index (χ4v) is 1.86. The molecule has 0 spiro atoms. The topological polar surface area (TPSA) is 67.6 Å². The molecule has 0 heterocycles. The maximum atomic E-state index is 11.5. The molecule has 1 aromatic rings. The second kappa shape index (κ2) is 7.89. The maximum Gasteiger partial charge on any atom is 0.265 e. The van der Waals surface area contributed by atoms with Gasteiger partial charge in [0.05, 0.1) is 6.61 Å². The van der Waals surface area contributed by atoms with Gasteiger partial charge in [0.2, 0.25) is 0 Å². The molecule has 0 aliphatic heterocycles. The fraction of sp³-hybridized carbons (Fsp3) is 0.500. The number of carbonyl (C=O) groups is 1. The largest absolute Gasteiger partial charge is 0.383 e. The first-order chi connectivity index (χ1) is 9.08. The third-order valence-corrected chi connectivity index (χ3v) is 3.02. The molecule has 106 valence electrons. The van der Waals surface area contributed by atoms with Crippen LogP contribution >= 0.6 is 0 Å². The van der Waals surface area contributed by atoms with Crippen molar-refractivity contribution in [3.05, 3.63) is 35.4 Å². The van der Waals surface area contributed by atoms with Crippen molar-refractivity contribution in [1.82, 2.24) is 10.3 Å². The Balaban J connectivity index is 2.76. The lowest BCUT2D eigenvalue weighted by molar-refractivity contribution is 0.0953. The summed E-state index contributed by atoms with van der Waals surface area (Å²) in [6, 6.07) is 7.91. The number of nitrogens with one attached hydrogen (secondary N) is 1. The predicted molar refractivity (Wildman–Crippen MR) is 75.5 cm³/mol. The summed E-state index contributed by atoms with van der Waals surface area (Å²) in [4.78, 5) is 13.8. The van der Waals surface area contributed by atoms with E-state index >= 15 is 0 Å². The number of nitrogens with zero attached hydrogens (tertiary/aromatic N) is 1. The molecule has 0 unspecified atom stereocenters. The average molecular weight is 265 g/mol. The molecule has 0 radical (unpaired) electrons. The average Bonchev–Trinajstić information content (AvgIpc) is 2.42. The molecule has 0 atom stereocenters. The van der Waals surface area contributed by atoms with Gasteiger partial charge in [-0.05, 0) is 31.5 Å². The maximum absolute atomic E-state index is 11.5. The minimum Gasteiger partial charge on any atom is -0.383 e. The third kappa shape index (κ3) is 4.98. The molecular formula is C14H23N3O2. The lowest BCUT2D eigenvalue weighted by Crippen LogP contribution is -2.33. The molecule has 0 aliphatic rings. The first-order valence-electron chi connectivity index (χ1n) is 6.41. The number of hydrogen-bond acceptors (Lipinski definition) is 4. The Bertz CT molecular complexity index is 407. The number of hydrogen-bond donors (Lipinski definition) is 2. The number of hydrazine groups is 1. The van der Waals surface area contributed by atoms with Crippen LogP contribution in [0.25, 0.3) is 0 Å². The van der Waals surface area contributed by atoms with Crippen molar-refractivity contribution < 1.29 is 9.53 Å². The van der Waals surface area contributed by atoms with Crippen molar-refractivity contribution in [2.24, 2.45) is 5.84 Å². The van der Waals surface area contributed by atoms with Gasteiger partial charge in [-0.2, -0.15) is 0 Å². The van der Waals surface area contributed by atoms with Gasteiger partial charge in [-0.25, -0.2) is 5.84 Å². The Hall–Kier alpha value is -1.43. The van der Waals surface area contributed by atoms with E-state index in [-0.39, 0.29) is 5.91 Å². The van der Waals surface area contributed by atoms with Crippen LogP contribution < -0.4 is 11.3 Å². The highest BCUT2D eigenvalue weighted by Gasteiger charge is 2.11. The summed E-state index contributed by atoms with van der Waals surface area (Å²) in [6.07, 6.45) is 0. The molecule has 0 saturated carbocycles. The number of amides is 1. The zero-order chi connectivity index (χ0) is 14.3. The van der Waals surface area contributed by atoms with Crippen LogP contribution in [0, 0.1) is 0 Å². The number of methoxy groups -OCH3 is 1. The molecule has 0 saturated heterocycles. The molecule has 5 nitrogen and oxygen atoms in total. The smallest absolute Gasteiger partial charge is 0.265 e. The van der Waals surface area contributed by atoms with Crippen LogP contribution in [0.5, 0.6) is 0 Å². The Kier molecular flexibility index (Phi) is 6.49. The van der Waals surface area contributed by atoms with Crippen LogP contribution in [0.2, 0.25) is 0 Å². The zero-order valence-electron chi connectivity index (χ0n) is 11.8. The number of benzene rings is 1. The van der Waals surface area contributed by atoms with E-state index in [1.807, 2.05) is 18.2 Å². The summed E-state index contributed by atoms with van der Waals surface area (Å²) < 4.78 is 5.12. The molecule has 1 amide bonds. The molecule has 0 aromatic heterocycles. The number of carbonyl (C=O) groups excluding carboxylic acids is 1. The third-order valence-electron chi connectivity index (χ3n) is 3.02. The Labute approximate surface area is 114 Å². The Morgan fingerprint density at radius 1 is 1.47 bits per heavy atom. The van der Waals surface area contributed by atoms with Crippen molar-refractivity contribution >= 4 is 5.91 Å². The minimum absolute atomic E-state index is 0.269. The van der Waals surface area contributed by atoms with Crippen molar-refractivity contribution in [3.63, 3.8) is 0 Å². The number of nitrogens with two attached hydrogens (primary N) is 1. The highest BCUT2D eigenvalue weighted by molar-refractivity contribution is 5.93. The van der Waals surface area contributed by atoms with E-state index in [1.165, 1.54) is 0 Å². The van der Waals surface area contributed by atoms with Gasteiger partial charge in [0.25, 0.3) is 5.91 Å². The van der Waals surface area contributed by atoms with E-state index in [9.17, 15) is 4.79 Å². The first-order valence-corrected chi connectivity index (χ1v) is 6.41. The zero-order valence-corrected chi connectivity index (χ0v) is 11.8. The summed E-state index contributed by atoms with van der Waals surface area (Å²) in [7, 11) is 1.70. The van der Waals surface area contributed by atoms with E-state index in [0.717, 1.165) is 18.7 Å². The molecule has 5 heteroatoms. The van der Waals surface area contributed by atoms with Gasteiger partial charge in [0.1, 0.15) is 0 Å². The number of rotatable bonds is 7. The molecule has 0 aliphatic carbocycles. The SMILES string of the molecule is COCCN(Cc1cccc(C(=O)NN)c1)C(C)C. The second-order valence-corrected chi connectivity index (χ2v) is 4.73. The molecule has 0 bridgehead atoms. The quantitative estimate of drug-likeness (QED) is 0.441. The first kappa shape index (κ1) is 15.6. The Morgan fingerprint density at radius 2 is 2.21 bits per heavy atom. The molecule has 19 heavy (non-hydrogen) atoms. The second-order valence-electron chi connectivity index (χ2n) is 4.73. The summed E-state index contributed by atoms with van der Waals surface area (Å²) in [5.74, 6) is 4.87. The standard InChI is InChI=1S/C14H23N3O2/c1-11(2)17(7-8-19-3)10-12-5-4-6-13(9-12)14(18)16-15/h4-6,9,11H,7-8,10,15H2,1-3H3,(H,16,18). The summed E-state index contributed by atoms with van der Waals surface area (Å²) in [5, 5.41) is 0. The van der Waals surface area contributed by atoms with Crippen molar-refractivity contribution in [3.8, 4) is 0 Å². The normalized spacial score (nSPS) is 11.1. The van der Waals surface area contributed by atoms with Gasteiger partial charge in [-0.1, -0.05) is 12.1 Å². The number of nitrogen functional groups attached to an aromatic ring is 1. The molecule has 3 N–H and O–H groups in total. The van der Waals surface area contributed by atoms with Crippen molar-refractivity contribution in [2.45, 2.75) is 26.4 Å². The van der Waals surface area contributed by atoms with Gasteiger partial charge >= 0.3 is 0 Å². The van der Waals surface area contributed by atoms with Gasteiger partial charge in [-0.15, -0.1) is 0 Å². The van der Waals surface area contributed by atoms with Gasteiger partial charge in [0, 0.05) is 31.8 Å². The van der Waals surface area contributed by atoms with Crippen LogP contribution in [0.1, 0.15) is 29.8 Å². The Morgan fingerprint density at radius 3 is 2.79 bits per heavy atom. The predicted octanol–water partition coefficient (Wildman–Crippen LogP) is 1.15. The van der Waals surface area contributed by atoms with Crippen molar-refractivity contribution in [1.29, 1.82) is 0 Å². The van der Waals surface area contributed by atoms with Gasteiger partial charge in [-0.3, -0.25) is 15.1 Å². The van der Waals surface area contributed by atoms with Crippen LogP contribution in [0.3, 0.4) is 0 Å². The molecular weight excluding hydrogens is 242 g/mol. The highest BCUT2D eigenvalue weighted by atomic mass is 16.5. The minimum atomic E-state index is -0.269. The van der Waals surface area contributed by atoms with Gasteiger partial charge < -0.3 is 4.74 Å². The molecule has 0 fully saturated rings. The summed E-state index contributed by atoms with van der Waals surface area (Å²) >= 11 is 0. The fourth-order valence-electron chi connectivity index (χ4n) is 1.86. The van der Waals surface area contributed by atoms with Gasteiger partial charge in [0.15, 0.2) is 0 Å². The lowest BCUT2D eigenvalue weighted by atomic mass is 10.1. The summed E-state index contributed by atoms with van der Waals surface area (Å²) in [5.41, 5.74) is 3.81. The monoisotopic (exact) mass is 265 g/mol. The van der Waals surface area contributed by atoms with Crippen LogP contribution in [-0.4, -0.2) is 37.1 Å². The van der Waals surface area contributed by atoms with Crippen LogP contribution in [-0.2, 0) is 11.3 Å². The molecule has 1 aromatic carbocycles. The van der Waals surface area contributed by atoms with E-state index in [2.05, 4.69) is 24.2 Å². The lowest BCUT2D eigenvalue weighted by Gasteiger charge is -2.26. The molecule has 1 rings (SSSR count). The van der Waals surface area contributed by atoms with Crippen LogP contribution in [0.4, 0.5) is 0 Å². The summed E-state index contributed by atoms with van der Waals surface area (Å²) in [6.45, 7) is 6.63. The highest BCUT2D eigenvalue weighted by Crippen LogP contribution is 2.10.